The van der Waals surface area contributed by atoms with E-state index in [-0.39, 0.29) is 25.4 Å². The largest absolute Gasteiger partial charge is 0.509 e. The minimum absolute atomic E-state index is 0.0140. The van der Waals surface area contributed by atoms with Crippen LogP contribution in [0.3, 0.4) is 0 Å². The molecule has 2 aromatic carbocycles. The summed E-state index contributed by atoms with van der Waals surface area (Å²) in [7, 11) is 0. The number of unbranched alkanes of at least 4 members (excludes halogenated alkanes) is 8. The van der Waals surface area contributed by atoms with E-state index in [1.807, 2.05) is 48.5 Å². The van der Waals surface area contributed by atoms with Gasteiger partial charge in [0.25, 0.3) is 0 Å². The lowest BCUT2D eigenvalue weighted by atomic mass is 10.0. The van der Waals surface area contributed by atoms with E-state index in [4.69, 9.17) is 9.47 Å². The van der Waals surface area contributed by atoms with Crippen LogP contribution in [-0.4, -0.2) is 16.4 Å². The van der Waals surface area contributed by atoms with Gasteiger partial charge in [0, 0.05) is 0 Å². The fourth-order valence-electron chi connectivity index (χ4n) is 4.39. The number of ether oxygens (including phenoxy) is 2. The first kappa shape index (κ1) is 29.9. The third-order valence-corrected chi connectivity index (χ3v) is 6.68. The molecule has 0 aliphatic carbocycles. The van der Waals surface area contributed by atoms with Gasteiger partial charge in [-0.15, -0.1) is 0 Å². The predicted molar refractivity (Wildman–Crippen MR) is 145 cm³/mol. The molecule has 2 atom stereocenters. The van der Waals surface area contributed by atoms with Gasteiger partial charge in [0.15, 0.2) is 0 Å². The van der Waals surface area contributed by atoms with Crippen LogP contribution in [0, 0.1) is 0 Å². The number of carbonyl (C=O) groups excluding carboxylic acids is 1. The Labute approximate surface area is 217 Å². The lowest BCUT2D eigenvalue weighted by Gasteiger charge is -2.22. The topological polar surface area (TPSA) is 76.0 Å². The summed E-state index contributed by atoms with van der Waals surface area (Å²) in [6.45, 7) is 4.37. The molecule has 0 aliphatic heterocycles. The fraction of sp³-hybridized carbons (Fsp3) is 0.581. The fourth-order valence-corrected chi connectivity index (χ4v) is 4.39. The molecule has 0 fully saturated rings. The van der Waals surface area contributed by atoms with Gasteiger partial charge in [0.2, 0.25) is 0 Å². The third-order valence-electron chi connectivity index (χ3n) is 6.68. The van der Waals surface area contributed by atoms with Crippen LogP contribution in [0.1, 0.15) is 125 Å². The monoisotopic (exact) mass is 498 g/mol. The second kappa shape index (κ2) is 18.0. The SMILES string of the molecule is CCCCCCCC(OC(=O)OC(CCCCCCC)c1ccc(CO)cc1)c1ccc(CO)cc1. The summed E-state index contributed by atoms with van der Waals surface area (Å²) < 4.78 is 11.8. The van der Waals surface area contributed by atoms with E-state index in [0.717, 1.165) is 60.8 Å². The highest BCUT2D eigenvalue weighted by Crippen LogP contribution is 2.29. The van der Waals surface area contributed by atoms with Crippen LogP contribution in [0.4, 0.5) is 4.79 Å². The molecule has 5 heteroatoms. The maximum atomic E-state index is 13.0. The summed E-state index contributed by atoms with van der Waals surface area (Å²) >= 11 is 0. The van der Waals surface area contributed by atoms with Crippen molar-refractivity contribution in [1.82, 2.24) is 0 Å². The molecule has 5 nitrogen and oxygen atoms in total. The first-order valence-electron chi connectivity index (χ1n) is 13.9. The average Bonchev–Trinajstić information content (AvgIpc) is 2.91. The minimum Gasteiger partial charge on any atom is -0.426 e. The zero-order valence-corrected chi connectivity index (χ0v) is 22.3. The van der Waals surface area contributed by atoms with Gasteiger partial charge in [0.1, 0.15) is 12.2 Å². The molecule has 0 saturated heterocycles. The van der Waals surface area contributed by atoms with Crippen molar-refractivity contribution in [3.05, 3.63) is 70.8 Å². The zero-order valence-electron chi connectivity index (χ0n) is 22.3. The molecule has 36 heavy (non-hydrogen) atoms. The molecular weight excluding hydrogens is 452 g/mol. The first-order chi connectivity index (χ1) is 17.6. The molecule has 200 valence electrons. The van der Waals surface area contributed by atoms with E-state index < -0.39 is 6.16 Å². The van der Waals surface area contributed by atoms with E-state index in [1.165, 1.54) is 38.5 Å². The zero-order chi connectivity index (χ0) is 26.0. The van der Waals surface area contributed by atoms with E-state index in [0.29, 0.717) is 0 Å². The Balaban J connectivity index is 2.07. The molecule has 0 amide bonds. The molecule has 2 rings (SSSR count). The Kier molecular flexibility index (Phi) is 14.9. The van der Waals surface area contributed by atoms with Gasteiger partial charge in [-0.1, -0.05) is 114 Å². The van der Waals surface area contributed by atoms with Gasteiger partial charge in [-0.2, -0.15) is 0 Å². The van der Waals surface area contributed by atoms with E-state index in [9.17, 15) is 15.0 Å². The summed E-state index contributed by atoms with van der Waals surface area (Å²) in [4.78, 5) is 13.0. The Hall–Kier alpha value is -2.37. The van der Waals surface area contributed by atoms with Crippen molar-refractivity contribution in [2.24, 2.45) is 0 Å². The highest BCUT2D eigenvalue weighted by atomic mass is 16.7. The van der Waals surface area contributed by atoms with Crippen molar-refractivity contribution in [3.8, 4) is 0 Å². The van der Waals surface area contributed by atoms with Crippen LogP contribution in [0.2, 0.25) is 0 Å². The number of hydrogen-bond acceptors (Lipinski definition) is 5. The van der Waals surface area contributed by atoms with Gasteiger partial charge in [-0.05, 0) is 47.9 Å². The third kappa shape index (κ3) is 11.1. The van der Waals surface area contributed by atoms with Crippen LogP contribution in [-0.2, 0) is 22.7 Å². The summed E-state index contributed by atoms with van der Waals surface area (Å²) in [6, 6.07) is 15.2. The smallest absolute Gasteiger partial charge is 0.426 e. The number of aliphatic hydroxyl groups excluding tert-OH is 2. The van der Waals surface area contributed by atoms with Gasteiger partial charge >= 0.3 is 6.16 Å². The summed E-state index contributed by atoms with van der Waals surface area (Å²) in [5, 5.41) is 18.8. The van der Waals surface area contributed by atoms with Crippen molar-refractivity contribution in [1.29, 1.82) is 0 Å². The number of benzene rings is 2. The lowest BCUT2D eigenvalue weighted by molar-refractivity contribution is -0.00871. The normalized spacial score (nSPS) is 12.8. The molecular formula is C31H46O5. The van der Waals surface area contributed by atoms with Crippen molar-refractivity contribution in [2.45, 2.75) is 116 Å². The number of aliphatic hydroxyl groups is 2. The second-order valence-electron chi connectivity index (χ2n) is 9.67. The first-order valence-corrected chi connectivity index (χ1v) is 13.9. The molecule has 0 aliphatic rings. The average molecular weight is 499 g/mol. The van der Waals surface area contributed by atoms with Gasteiger partial charge in [-0.25, -0.2) is 4.79 Å². The van der Waals surface area contributed by atoms with Crippen LogP contribution in [0.15, 0.2) is 48.5 Å². The molecule has 2 unspecified atom stereocenters. The maximum absolute atomic E-state index is 13.0. The summed E-state index contributed by atoms with van der Waals surface area (Å²) in [5.74, 6) is 0. The molecule has 0 bridgehead atoms. The Morgan fingerprint density at radius 1 is 0.611 bits per heavy atom. The van der Waals surface area contributed by atoms with Crippen LogP contribution in [0.25, 0.3) is 0 Å². The number of rotatable bonds is 18. The number of carbonyl (C=O) groups is 1. The number of hydrogen-bond donors (Lipinski definition) is 2. The Bertz CT molecular complexity index is 762. The van der Waals surface area contributed by atoms with Gasteiger partial charge in [0.05, 0.1) is 13.2 Å². The highest BCUT2D eigenvalue weighted by Gasteiger charge is 2.22. The second-order valence-corrected chi connectivity index (χ2v) is 9.67. The van der Waals surface area contributed by atoms with Crippen LogP contribution >= 0.6 is 0 Å². The Morgan fingerprint density at radius 2 is 0.972 bits per heavy atom. The highest BCUT2D eigenvalue weighted by molar-refractivity contribution is 5.61. The predicted octanol–water partition coefficient (Wildman–Crippen LogP) is 8.33. The summed E-state index contributed by atoms with van der Waals surface area (Å²) in [5.41, 5.74) is 3.50. The van der Waals surface area contributed by atoms with Crippen LogP contribution < -0.4 is 0 Å². The van der Waals surface area contributed by atoms with E-state index in [1.54, 1.807) is 0 Å². The molecule has 2 N–H and O–H groups in total. The van der Waals surface area contributed by atoms with E-state index >= 15 is 0 Å². The molecule has 2 aromatic rings. The lowest BCUT2D eigenvalue weighted by Crippen LogP contribution is -2.17. The van der Waals surface area contributed by atoms with Crippen molar-refractivity contribution in [2.75, 3.05) is 0 Å². The molecule has 0 spiro atoms. The Morgan fingerprint density at radius 3 is 1.31 bits per heavy atom. The summed E-state index contributed by atoms with van der Waals surface area (Å²) in [6.07, 6.45) is 11.4. The van der Waals surface area contributed by atoms with Gasteiger partial charge in [-0.3, -0.25) is 0 Å². The van der Waals surface area contributed by atoms with E-state index in [2.05, 4.69) is 13.8 Å². The molecule has 0 radical (unpaired) electrons. The van der Waals surface area contributed by atoms with Crippen molar-refractivity contribution >= 4 is 6.16 Å². The quantitative estimate of drug-likeness (QED) is 0.160. The van der Waals surface area contributed by atoms with Crippen LogP contribution in [0.5, 0.6) is 0 Å². The standard InChI is InChI=1S/C31H46O5/c1-3-5-7-9-11-13-29(27-19-15-25(23-32)16-20-27)35-31(34)36-30(14-12-10-8-6-4-2)28-21-17-26(24-33)18-22-28/h15-22,29-30,32-33H,3-14,23-24H2,1-2H3. The minimum atomic E-state index is -0.649. The maximum Gasteiger partial charge on any atom is 0.509 e. The van der Waals surface area contributed by atoms with Crippen molar-refractivity contribution in [3.63, 3.8) is 0 Å². The van der Waals surface area contributed by atoms with Crippen molar-refractivity contribution < 1.29 is 24.5 Å². The molecule has 0 saturated carbocycles. The molecule has 0 heterocycles. The molecule has 0 aromatic heterocycles. The van der Waals surface area contributed by atoms with Gasteiger partial charge < -0.3 is 19.7 Å².